The van der Waals surface area contributed by atoms with E-state index in [9.17, 15) is 14.4 Å². The Morgan fingerprint density at radius 1 is 0.886 bits per heavy atom. The van der Waals surface area contributed by atoms with Crippen molar-refractivity contribution in [2.24, 2.45) is 0 Å². The zero-order valence-electron chi connectivity index (χ0n) is 20.2. The molecule has 0 spiro atoms. The maximum absolute atomic E-state index is 12.8. The Labute approximate surface area is 210 Å². The summed E-state index contributed by atoms with van der Waals surface area (Å²) < 4.78 is 2.19. The van der Waals surface area contributed by atoms with Crippen LogP contribution in [0.4, 0.5) is 20.7 Å². The molecule has 7 heteroatoms. The van der Waals surface area contributed by atoms with Crippen LogP contribution in [-0.4, -0.2) is 56.2 Å². The van der Waals surface area contributed by atoms with Gasteiger partial charge in [0.25, 0.3) is 0 Å². The number of rotatable bonds is 1. The number of barbiturate groups is 1. The molecule has 35 heavy (non-hydrogen) atoms. The molecule has 3 aliphatic rings. The molecular weight excluding hydrogens is 505 g/mol. The molecule has 4 amide bonds. The Bertz CT molecular complexity index is 1470. The number of carbonyl (C=O) groups is 3. The fraction of sp³-hybridized carbons (Fsp3) is 0.250. The van der Waals surface area contributed by atoms with E-state index in [1.165, 1.54) is 52.3 Å². The van der Waals surface area contributed by atoms with Gasteiger partial charge in [-0.2, -0.15) is 0 Å². The van der Waals surface area contributed by atoms with Gasteiger partial charge in [0.1, 0.15) is 0 Å². The number of carbonyl (C=O) groups excluding carboxylic acids is 3. The number of hydrogen-bond acceptors (Lipinski definition) is 4. The number of para-hydroxylation sites is 2. The van der Waals surface area contributed by atoms with Gasteiger partial charge in [-0.25, -0.2) is 0 Å². The zero-order valence-corrected chi connectivity index (χ0v) is 22.0. The normalized spacial score (nSPS) is 20.0. The van der Waals surface area contributed by atoms with Crippen LogP contribution in [0, 0.1) is 0 Å². The van der Waals surface area contributed by atoms with E-state index in [0.29, 0.717) is 5.92 Å². The molecule has 0 N–H and O–H groups in total. The third-order valence-electron chi connectivity index (χ3n) is 7.61. The Hall–Kier alpha value is -3.41. The number of fused-ring (bicyclic) bond motifs is 4. The van der Waals surface area contributed by atoms with Crippen LogP contribution < -0.4 is 4.90 Å². The monoisotopic (exact) mass is 531 g/mol. The first kappa shape index (κ1) is 22.1. The van der Waals surface area contributed by atoms with Gasteiger partial charge < -0.3 is 0 Å². The van der Waals surface area contributed by atoms with Crippen molar-refractivity contribution in [1.82, 2.24) is 9.80 Å². The second-order valence-electron chi connectivity index (χ2n) is 9.92. The van der Waals surface area contributed by atoms with Gasteiger partial charge in [-0.3, -0.25) is 0 Å². The first-order valence-electron chi connectivity index (χ1n) is 11.6. The number of likely N-dealkylation sites (N-methyl/N-ethyl adjacent to an activating group) is 2. The van der Waals surface area contributed by atoms with Crippen molar-refractivity contribution < 1.29 is 14.4 Å². The van der Waals surface area contributed by atoms with Crippen molar-refractivity contribution in [2.45, 2.75) is 32.1 Å². The molecular formula is C28H25N3O3Se. The molecule has 0 bridgehead atoms. The molecule has 0 radical (unpaired) electrons. The standard InChI is InChI=1S/C28H25N3O3Se/c1-15-17-9-6-7-12-22(17)31-23-18(15)10-8-11-20(23)28(2,3)21-14-16(35-26(21)31)13-19-24(32)29(4)27(34)30(5)25(19)33/h6-15H,1-5H3. The summed E-state index contributed by atoms with van der Waals surface area (Å²) >= 11 is -0.128. The predicted octanol–water partition coefficient (Wildman–Crippen LogP) is 4.75. The summed E-state index contributed by atoms with van der Waals surface area (Å²) in [5.41, 5.74) is 7.39. The van der Waals surface area contributed by atoms with Crippen molar-refractivity contribution in [1.29, 1.82) is 0 Å². The number of amides is 4. The van der Waals surface area contributed by atoms with Crippen LogP contribution in [0.25, 0.3) is 6.08 Å². The minimum absolute atomic E-state index is 0.0336. The summed E-state index contributed by atoms with van der Waals surface area (Å²) in [5.74, 6) is -0.816. The average molecular weight is 530 g/mol. The number of urea groups is 1. The van der Waals surface area contributed by atoms with Crippen LogP contribution in [0.3, 0.4) is 0 Å². The molecule has 1 fully saturated rings. The molecule has 1 saturated heterocycles. The number of hydrogen-bond donors (Lipinski definition) is 0. The molecule has 1 unspecified atom stereocenters. The topological polar surface area (TPSA) is 60.9 Å². The summed E-state index contributed by atoms with van der Waals surface area (Å²) in [6.07, 6.45) is 1.70. The van der Waals surface area contributed by atoms with E-state index in [2.05, 4.69) is 74.2 Å². The van der Waals surface area contributed by atoms with Crippen molar-refractivity contribution >= 4 is 54.4 Å². The average Bonchev–Trinajstić information content (AvgIpc) is 3.29. The molecule has 176 valence electrons. The van der Waals surface area contributed by atoms with Gasteiger partial charge in [-0.15, -0.1) is 0 Å². The van der Waals surface area contributed by atoms with Crippen molar-refractivity contribution in [3.63, 3.8) is 0 Å². The number of imide groups is 2. The third kappa shape index (κ3) is 2.85. The van der Waals surface area contributed by atoms with E-state index in [-0.39, 0.29) is 25.5 Å². The van der Waals surface area contributed by atoms with Crippen LogP contribution in [0.2, 0.25) is 0 Å². The number of benzene rings is 2. The van der Waals surface area contributed by atoms with E-state index in [1.54, 1.807) is 6.08 Å². The van der Waals surface area contributed by atoms with E-state index in [0.717, 1.165) is 14.2 Å². The second-order valence-corrected chi connectivity index (χ2v) is 12.1. The molecule has 4 heterocycles. The predicted molar refractivity (Wildman–Crippen MR) is 137 cm³/mol. The summed E-state index contributed by atoms with van der Waals surface area (Å²) in [5, 5.41) is 0. The second kappa shape index (κ2) is 7.30. The van der Waals surface area contributed by atoms with Gasteiger partial charge in [0.15, 0.2) is 0 Å². The van der Waals surface area contributed by atoms with Gasteiger partial charge >= 0.3 is 210 Å². The molecule has 0 aliphatic carbocycles. The fourth-order valence-corrected chi connectivity index (χ4v) is 8.26. The molecule has 6 nitrogen and oxygen atoms in total. The Morgan fingerprint density at radius 2 is 1.54 bits per heavy atom. The van der Waals surface area contributed by atoms with Gasteiger partial charge in [0.2, 0.25) is 0 Å². The molecule has 2 aromatic carbocycles. The Morgan fingerprint density at radius 3 is 2.26 bits per heavy atom. The number of anilines is 3. The van der Waals surface area contributed by atoms with E-state index < -0.39 is 17.8 Å². The molecule has 0 saturated carbocycles. The van der Waals surface area contributed by atoms with Gasteiger partial charge in [0, 0.05) is 0 Å². The first-order valence-corrected chi connectivity index (χ1v) is 13.3. The van der Waals surface area contributed by atoms with Crippen LogP contribution >= 0.6 is 0 Å². The molecule has 1 atom stereocenters. The quantitative estimate of drug-likeness (QED) is 0.259. The van der Waals surface area contributed by atoms with Crippen LogP contribution in [-0.2, 0) is 15.0 Å². The Balaban J connectivity index is 1.57. The summed E-state index contributed by atoms with van der Waals surface area (Å²) in [6.45, 7) is 6.77. The van der Waals surface area contributed by atoms with Crippen LogP contribution in [0.15, 0.2) is 54.1 Å². The number of nitrogens with zero attached hydrogens (tertiary/aromatic N) is 3. The molecule has 3 aromatic rings. The van der Waals surface area contributed by atoms with E-state index in [1.807, 2.05) is 0 Å². The molecule has 3 aliphatic heterocycles. The van der Waals surface area contributed by atoms with Gasteiger partial charge in [-0.1, -0.05) is 0 Å². The summed E-state index contributed by atoms with van der Waals surface area (Å²) in [6, 6.07) is 16.7. The van der Waals surface area contributed by atoms with E-state index in [4.69, 9.17) is 0 Å². The third-order valence-corrected chi connectivity index (χ3v) is 9.85. The fourth-order valence-electron chi connectivity index (χ4n) is 5.57. The maximum atomic E-state index is 12.8. The van der Waals surface area contributed by atoms with Crippen molar-refractivity contribution in [3.8, 4) is 0 Å². The van der Waals surface area contributed by atoms with Crippen LogP contribution in [0.5, 0.6) is 0 Å². The van der Waals surface area contributed by atoms with E-state index >= 15 is 0 Å². The zero-order chi connectivity index (χ0) is 24.8. The molecule has 1 aromatic heterocycles. The Kier molecular flexibility index (Phi) is 4.60. The summed E-state index contributed by atoms with van der Waals surface area (Å²) in [4.78, 5) is 42.2. The van der Waals surface area contributed by atoms with Crippen LogP contribution in [0.1, 0.15) is 53.4 Å². The minimum atomic E-state index is -0.608. The SMILES string of the molecule is CC1c2ccccc2N2c3[se]c(C=C4C(=O)N(C)C(=O)N(C)C4=O)cc3C(C)(C)c3cccc1c32. The van der Waals surface area contributed by atoms with Crippen molar-refractivity contribution in [3.05, 3.63) is 80.8 Å². The van der Waals surface area contributed by atoms with Gasteiger partial charge in [-0.05, 0) is 0 Å². The van der Waals surface area contributed by atoms with Crippen molar-refractivity contribution in [2.75, 3.05) is 19.0 Å². The first-order chi connectivity index (χ1) is 16.6. The summed E-state index contributed by atoms with van der Waals surface area (Å²) in [7, 11) is 2.82. The van der Waals surface area contributed by atoms with Gasteiger partial charge in [0.05, 0.1) is 0 Å². The molecule has 6 rings (SSSR count).